The van der Waals surface area contributed by atoms with Gasteiger partial charge in [-0.25, -0.2) is 0 Å². The van der Waals surface area contributed by atoms with Gasteiger partial charge in [0.1, 0.15) is 9.57 Å². The molecule has 3 aromatic rings. The van der Waals surface area contributed by atoms with Crippen LogP contribution in [0.25, 0.3) is 10.4 Å². The monoisotopic (exact) mass is 433 g/mol. The van der Waals surface area contributed by atoms with Crippen LogP contribution in [0, 0.1) is 3.82 Å². The minimum absolute atomic E-state index is 0. The topological polar surface area (TPSA) is 63.6 Å². The third-order valence-electron chi connectivity index (χ3n) is 3.67. The van der Waals surface area contributed by atoms with E-state index >= 15 is 0 Å². The molecule has 1 N–H and O–H groups in total. The number of methoxy groups -OCH3 is 1. The standard InChI is InChI=1S/C17H14O4S4.Na/c1-21-13-7-8-15(25(18,19)20)12(9-13)10-14-16(23-24-17(14)22)11-5-3-2-4-6-11;/h2-9H,10H2,1H3,(H,18,19,20);/q;+1. The van der Waals surface area contributed by atoms with Crippen molar-refractivity contribution >= 4 is 43.0 Å². The van der Waals surface area contributed by atoms with Crippen molar-refractivity contribution in [1.29, 1.82) is 0 Å². The summed E-state index contributed by atoms with van der Waals surface area (Å²) in [4.78, 5) is 0.887. The van der Waals surface area contributed by atoms with Crippen LogP contribution in [-0.4, -0.2) is 20.1 Å². The summed E-state index contributed by atoms with van der Waals surface area (Å²) in [7, 11) is 0.220. The van der Waals surface area contributed by atoms with Gasteiger partial charge in [-0.1, -0.05) is 63.2 Å². The largest absolute Gasteiger partial charge is 1.00 e. The molecule has 26 heavy (non-hydrogen) atoms. The number of hydrogen-bond donors (Lipinski definition) is 1. The van der Waals surface area contributed by atoms with E-state index in [-0.39, 0.29) is 34.5 Å². The third-order valence-corrected chi connectivity index (χ3v) is 7.82. The summed E-state index contributed by atoms with van der Waals surface area (Å²) in [5, 5.41) is 0. The smallest absolute Gasteiger partial charge is 0.497 e. The number of benzene rings is 2. The fourth-order valence-corrected chi connectivity index (χ4v) is 6.12. The van der Waals surface area contributed by atoms with E-state index < -0.39 is 10.1 Å². The van der Waals surface area contributed by atoms with Gasteiger partial charge < -0.3 is 4.74 Å². The summed E-state index contributed by atoms with van der Waals surface area (Å²) < 4.78 is 38.9. The van der Waals surface area contributed by atoms with Crippen molar-refractivity contribution in [1.82, 2.24) is 0 Å². The maximum absolute atomic E-state index is 11.7. The first kappa shape index (κ1) is 21.7. The van der Waals surface area contributed by atoms with Crippen molar-refractivity contribution in [3.63, 3.8) is 0 Å². The molecule has 0 saturated carbocycles. The Kier molecular flexibility index (Phi) is 7.58. The Hall–Kier alpha value is -0.580. The first-order chi connectivity index (χ1) is 11.9. The molecule has 0 bridgehead atoms. The molecule has 0 aliphatic heterocycles. The van der Waals surface area contributed by atoms with Gasteiger partial charge in [0.25, 0.3) is 10.1 Å². The Morgan fingerprint density at radius 3 is 2.42 bits per heavy atom. The Labute approximate surface area is 186 Å². The van der Waals surface area contributed by atoms with E-state index in [1.165, 1.54) is 29.6 Å². The van der Waals surface area contributed by atoms with Gasteiger partial charge >= 0.3 is 29.6 Å². The van der Waals surface area contributed by atoms with E-state index in [2.05, 4.69) is 0 Å². The average Bonchev–Trinajstić information content (AvgIpc) is 2.95. The van der Waals surface area contributed by atoms with Crippen molar-refractivity contribution in [3.8, 4) is 16.2 Å². The quantitative estimate of drug-likeness (QED) is 0.289. The zero-order chi connectivity index (χ0) is 18.0. The molecule has 9 heteroatoms. The van der Waals surface area contributed by atoms with E-state index in [9.17, 15) is 13.0 Å². The van der Waals surface area contributed by atoms with E-state index in [0.717, 1.165) is 16.0 Å². The van der Waals surface area contributed by atoms with Crippen molar-refractivity contribution in [2.45, 2.75) is 11.3 Å². The molecule has 0 spiro atoms. The van der Waals surface area contributed by atoms with Crippen LogP contribution in [0.4, 0.5) is 0 Å². The first-order valence-electron chi connectivity index (χ1n) is 7.22. The van der Waals surface area contributed by atoms with E-state index in [1.54, 1.807) is 16.4 Å². The predicted molar refractivity (Wildman–Crippen MR) is 104 cm³/mol. The van der Waals surface area contributed by atoms with E-state index in [0.29, 0.717) is 21.6 Å². The molecule has 2 aromatic carbocycles. The van der Waals surface area contributed by atoms with Gasteiger partial charge in [-0.3, -0.25) is 4.55 Å². The van der Waals surface area contributed by atoms with Crippen molar-refractivity contribution in [2.24, 2.45) is 0 Å². The summed E-state index contributed by atoms with van der Waals surface area (Å²) in [5.41, 5.74) is 2.37. The second kappa shape index (κ2) is 9.07. The molecule has 0 atom stereocenters. The molecular formula is C17H14NaO4S4+. The predicted octanol–water partition coefficient (Wildman–Crippen LogP) is 2.06. The maximum Gasteiger partial charge on any atom is 1.00 e. The molecule has 4 nitrogen and oxygen atoms in total. The Morgan fingerprint density at radius 2 is 1.81 bits per heavy atom. The van der Waals surface area contributed by atoms with Gasteiger partial charge in [-0.05, 0) is 29.3 Å². The Morgan fingerprint density at radius 1 is 1.12 bits per heavy atom. The number of rotatable bonds is 5. The van der Waals surface area contributed by atoms with Crippen LogP contribution in [0.1, 0.15) is 11.1 Å². The SMILES string of the molecule is COc1ccc(S(=O)(=O)O)c(Cc2c(-c3ccccc3)ssc2=S)c1.[Na+]. The van der Waals surface area contributed by atoms with Gasteiger partial charge in [-0.15, -0.1) is 0 Å². The molecule has 3 rings (SSSR count). The molecule has 0 unspecified atom stereocenters. The Bertz CT molecular complexity index is 1060. The van der Waals surface area contributed by atoms with Crippen molar-refractivity contribution < 1.29 is 47.3 Å². The van der Waals surface area contributed by atoms with Crippen LogP contribution in [0.5, 0.6) is 5.75 Å². The van der Waals surface area contributed by atoms with Gasteiger partial charge in [0.05, 0.1) is 16.9 Å². The number of ether oxygens (including phenoxy) is 1. The molecule has 130 valence electrons. The van der Waals surface area contributed by atoms with Crippen LogP contribution >= 0.6 is 32.9 Å². The first-order valence-corrected chi connectivity index (χ1v) is 11.2. The zero-order valence-electron chi connectivity index (χ0n) is 14.1. The molecule has 1 aromatic heterocycles. The minimum atomic E-state index is -4.33. The van der Waals surface area contributed by atoms with E-state index in [4.69, 9.17) is 17.0 Å². The van der Waals surface area contributed by atoms with Crippen LogP contribution in [-0.2, 0) is 16.5 Å². The van der Waals surface area contributed by atoms with Crippen molar-refractivity contribution in [2.75, 3.05) is 7.11 Å². The van der Waals surface area contributed by atoms with Crippen LogP contribution in [0.3, 0.4) is 0 Å². The molecule has 0 radical (unpaired) electrons. The van der Waals surface area contributed by atoms with Gasteiger partial charge in [-0.2, -0.15) is 8.42 Å². The molecule has 0 amide bonds. The summed E-state index contributed by atoms with van der Waals surface area (Å²) in [5.74, 6) is 0.522. The molecule has 0 aliphatic carbocycles. The van der Waals surface area contributed by atoms with Gasteiger partial charge in [0.15, 0.2) is 0 Å². The summed E-state index contributed by atoms with van der Waals surface area (Å²) >= 11 is 5.46. The molecular weight excluding hydrogens is 419 g/mol. The third kappa shape index (κ3) is 4.82. The summed E-state index contributed by atoms with van der Waals surface area (Å²) in [6.45, 7) is 0. The second-order valence-corrected chi connectivity index (χ2v) is 9.46. The summed E-state index contributed by atoms with van der Waals surface area (Å²) in [6, 6.07) is 14.3. The van der Waals surface area contributed by atoms with Gasteiger partial charge in [0, 0.05) is 12.0 Å². The minimum Gasteiger partial charge on any atom is -0.497 e. The average molecular weight is 434 g/mol. The zero-order valence-corrected chi connectivity index (χ0v) is 19.4. The van der Waals surface area contributed by atoms with Crippen LogP contribution < -0.4 is 34.3 Å². The molecule has 0 fully saturated rings. The molecule has 1 heterocycles. The second-order valence-electron chi connectivity index (χ2n) is 5.25. The fourth-order valence-electron chi connectivity index (χ4n) is 2.50. The van der Waals surface area contributed by atoms with Crippen LogP contribution in [0.2, 0.25) is 0 Å². The maximum atomic E-state index is 11.7. The number of hydrogen-bond acceptors (Lipinski definition) is 6. The van der Waals surface area contributed by atoms with Crippen molar-refractivity contribution in [3.05, 3.63) is 63.5 Å². The molecule has 0 saturated heterocycles. The Balaban J connectivity index is 0.00000243. The van der Waals surface area contributed by atoms with Crippen LogP contribution in [0.15, 0.2) is 53.4 Å². The van der Waals surface area contributed by atoms with E-state index in [1.807, 2.05) is 30.3 Å². The fraction of sp³-hybridized carbons (Fsp3) is 0.118. The van der Waals surface area contributed by atoms with Gasteiger partial charge in [0.2, 0.25) is 0 Å². The molecule has 0 aliphatic rings. The summed E-state index contributed by atoms with van der Waals surface area (Å²) in [6.07, 6.45) is 0.301. The normalized spacial score (nSPS) is 11.0.